The lowest BCUT2D eigenvalue weighted by molar-refractivity contribution is 0.356. The fraction of sp³-hybridized carbons (Fsp3) is 0.467. The average Bonchev–Trinajstić information content (AvgIpc) is 3.08. The van der Waals surface area contributed by atoms with Gasteiger partial charge in [-0.1, -0.05) is 19.1 Å². The van der Waals surface area contributed by atoms with Crippen LogP contribution in [0.4, 0.5) is 0 Å². The molecule has 2 heterocycles. The Labute approximate surface area is 119 Å². The van der Waals surface area contributed by atoms with E-state index in [4.69, 9.17) is 4.74 Å². The summed E-state index contributed by atoms with van der Waals surface area (Å²) in [7, 11) is 1.96. The zero-order chi connectivity index (χ0) is 13.9. The molecule has 0 amide bonds. The predicted octanol–water partition coefficient (Wildman–Crippen LogP) is 1.99. The summed E-state index contributed by atoms with van der Waals surface area (Å²) in [5.74, 6) is 1.99. The van der Waals surface area contributed by atoms with Crippen LogP contribution in [0, 0.1) is 0 Å². The van der Waals surface area contributed by atoms with Crippen LogP contribution in [-0.2, 0) is 20.0 Å². The lowest BCUT2D eigenvalue weighted by atomic mass is 10.0. The Hall–Kier alpha value is -1.88. The van der Waals surface area contributed by atoms with Gasteiger partial charge < -0.3 is 14.6 Å². The van der Waals surface area contributed by atoms with E-state index in [-0.39, 0.29) is 0 Å². The first kappa shape index (κ1) is 13.1. The molecule has 106 valence electrons. The normalized spacial score (nSPS) is 14.9. The van der Waals surface area contributed by atoms with Gasteiger partial charge >= 0.3 is 0 Å². The van der Waals surface area contributed by atoms with Crippen molar-refractivity contribution in [1.29, 1.82) is 0 Å². The number of benzene rings is 1. The molecule has 0 aliphatic carbocycles. The van der Waals surface area contributed by atoms with Crippen molar-refractivity contribution < 1.29 is 4.74 Å². The fourth-order valence-electron chi connectivity index (χ4n) is 2.60. The van der Waals surface area contributed by atoms with E-state index in [1.54, 1.807) is 6.33 Å². The van der Waals surface area contributed by atoms with Crippen molar-refractivity contribution in [2.24, 2.45) is 7.05 Å². The molecule has 1 aromatic heterocycles. The standard InChI is InChI=1S/C15H20N4O/c1-3-13(16-9-15-18-17-10-19(15)2)11-4-5-14-12(8-11)6-7-20-14/h4-5,8,10,13,16H,3,6-7,9H2,1-2H3. The largest absolute Gasteiger partial charge is 0.493 e. The maximum atomic E-state index is 5.56. The fourth-order valence-corrected chi connectivity index (χ4v) is 2.60. The van der Waals surface area contributed by atoms with Crippen molar-refractivity contribution in [2.75, 3.05) is 6.61 Å². The van der Waals surface area contributed by atoms with Crippen molar-refractivity contribution in [3.05, 3.63) is 41.5 Å². The molecule has 1 aromatic carbocycles. The molecule has 0 bridgehead atoms. The third-order valence-corrected chi connectivity index (χ3v) is 3.84. The van der Waals surface area contributed by atoms with Crippen LogP contribution >= 0.6 is 0 Å². The molecular weight excluding hydrogens is 252 g/mol. The minimum absolute atomic E-state index is 0.331. The van der Waals surface area contributed by atoms with Gasteiger partial charge in [-0.05, 0) is 23.6 Å². The molecule has 1 aliphatic heterocycles. The Morgan fingerprint density at radius 3 is 3.10 bits per heavy atom. The van der Waals surface area contributed by atoms with Crippen LogP contribution in [0.25, 0.3) is 0 Å². The van der Waals surface area contributed by atoms with E-state index in [1.165, 1.54) is 11.1 Å². The summed E-state index contributed by atoms with van der Waals surface area (Å²) < 4.78 is 7.50. The van der Waals surface area contributed by atoms with Gasteiger partial charge in [0.15, 0.2) is 0 Å². The second-order valence-corrected chi connectivity index (χ2v) is 5.17. The Morgan fingerprint density at radius 2 is 2.35 bits per heavy atom. The van der Waals surface area contributed by atoms with Crippen molar-refractivity contribution in [3.63, 3.8) is 0 Å². The molecule has 2 aromatic rings. The van der Waals surface area contributed by atoms with Crippen molar-refractivity contribution in [3.8, 4) is 5.75 Å². The van der Waals surface area contributed by atoms with Gasteiger partial charge in [-0.15, -0.1) is 10.2 Å². The molecule has 0 fully saturated rings. The van der Waals surface area contributed by atoms with Crippen molar-refractivity contribution >= 4 is 0 Å². The van der Waals surface area contributed by atoms with Crippen LogP contribution in [0.3, 0.4) is 0 Å². The molecule has 0 spiro atoms. The minimum atomic E-state index is 0.331. The number of rotatable bonds is 5. The number of hydrogen-bond acceptors (Lipinski definition) is 4. The number of aryl methyl sites for hydroxylation is 1. The minimum Gasteiger partial charge on any atom is -0.493 e. The van der Waals surface area contributed by atoms with Gasteiger partial charge in [0.2, 0.25) is 0 Å². The molecule has 1 N–H and O–H groups in total. The van der Waals surface area contributed by atoms with E-state index in [2.05, 4.69) is 40.6 Å². The Bertz CT molecular complexity index is 593. The highest BCUT2D eigenvalue weighted by Gasteiger charge is 2.16. The highest BCUT2D eigenvalue weighted by Crippen LogP contribution is 2.29. The summed E-state index contributed by atoms with van der Waals surface area (Å²) in [4.78, 5) is 0. The molecule has 5 nitrogen and oxygen atoms in total. The van der Waals surface area contributed by atoms with E-state index >= 15 is 0 Å². The number of fused-ring (bicyclic) bond motifs is 1. The highest BCUT2D eigenvalue weighted by molar-refractivity contribution is 5.40. The van der Waals surface area contributed by atoms with E-state index in [0.717, 1.165) is 37.6 Å². The van der Waals surface area contributed by atoms with Crippen LogP contribution in [0.2, 0.25) is 0 Å². The smallest absolute Gasteiger partial charge is 0.146 e. The summed E-state index contributed by atoms with van der Waals surface area (Å²) in [6.07, 6.45) is 3.78. The number of ether oxygens (including phenoxy) is 1. The Morgan fingerprint density at radius 1 is 1.45 bits per heavy atom. The monoisotopic (exact) mass is 272 g/mol. The third kappa shape index (κ3) is 2.54. The third-order valence-electron chi connectivity index (χ3n) is 3.84. The van der Waals surface area contributed by atoms with Gasteiger partial charge in [0.05, 0.1) is 13.2 Å². The summed E-state index contributed by atoms with van der Waals surface area (Å²) in [5.41, 5.74) is 2.64. The van der Waals surface area contributed by atoms with Crippen LogP contribution in [0.1, 0.15) is 36.3 Å². The lowest BCUT2D eigenvalue weighted by Gasteiger charge is -2.18. The molecule has 0 saturated heterocycles. The van der Waals surface area contributed by atoms with E-state index in [9.17, 15) is 0 Å². The quantitative estimate of drug-likeness (QED) is 0.904. The van der Waals surface area contributed by atoms with E-state index < -0.39 is 0 Å². The van der Waals surface area contributed by atoms with Gasteiger partial charge in [0.1, 0.15) is 17.9 Å². The van der Waals surface area contributed by atoms with Crippen molar-refractivity contribution in [1.82, 2.24) is 20.1 Å². The molecule has 1 atom stereocenters. The highest BCUT2D eigenvalue weighted by atomic mass is 16.5. The maximum absolute atomic E-state index is 5.56. The average molecular weight is 272 g/mol. The van der Waals surface area contributed by atoms with E-state index in [1.807, 2.05) is 11.6 Å². The lowest BCUT2D eigenvalue weighted by Crippen LogP contribution is -2.22. The van der Waals surface area contributed by atoms with Gasteiger partial charge in [-0.3, -0.25) is 0 Å². The molecule has 1 aliphatic rings. The molecule has 3 rings (SSSR count). The molecule has 0 saturated carbocycles. The van der Waals surface area contributed by atoms with Crippen LogP contribution in [-0.4, -0.2) is 21.4 Å². The van der Waals surface area contributed by atoms with Gasteiger partial charge in [0, 0.05) is 19.5 Å². The maximum Gasteiger partial charge on any atom is 0.146 e. The summed E-state index contributed by atoms with van der Waals surface area (Å²) in [5, 5.41) is 11.6. The zero-order valence-electron chi connectivity index (χ0n) is 12.0. The Kier molecular flexibility index (Phi) is 3.69. The van der Waals surface area contributed by atoms with Gasteiger partial charge in [-0.25, -0.2) is 0 Å². The van der Waals surface area contributed by atoms with Gasteiger partial charge in [0.25, 0.3) is 0 Å². The first-order valence-corrected chi connectivity index (χ1v) is 7.10. The second-order valence-electron chi connectivity index (χ2n) is 5.17. The molecule has 1 unspecified atom stereocenters. The first-order chi connectivity index (χ1) is 9.78. The summed E-state index contributed by atoms with van der Waals surface area (Å²) in [6.45, 7) is 3.72. The number of nitrogens with one attached hydrogen (secondary N) is 1. The second kappa shape index (κ2) is 5.63. The van der Waals surface area contributed by atoms with Crippen LogP contribution in [0.5, 0.6) is 5.75 Å². The number of hydrogen-bond donors (Lipinski definition) is 1. The number of nitrogens with zero attached hydrogens (tertiary/aromatic N) is 3. The summed E-state index contributed by atoms with van der Waals surface area (Å²) >= 11 is 0. The van der Waals surface area contributed by atoms with Crippen LogP contribution < -0.4 is 10.1 Å². The van der Waals surface area contributed by atoms with Gasteiger partial charge in [-0.2, -0.15) is 0 Å². The Balaban J connectivity index is 1.71. The zero-order valence-corrected chi connectivity index (χ0v) is 12.0. The van der Waals surface area contributed by atoms with Crippen LogP contribution in [0.15, 0.2) is 24.5 Å². The molecule has 20 heavy (non-hydrogen) atoms. The number of aromatic nitrogens is 3. The van der Waals surface area contributed by atoms with E-state index in [0.29, 0.717) is 6.04 Å². The van der Waals surface area contributed by atoms with Crippen molar-refractivity contribution in [2.45, 2.75) is 32.4 Å². The first-order valence-electron chi connectivity index (χ1n) is 7.10. The SMILES string of the molecule is CCC(NCc1nncn1C)c1ccc2c(c1)CCO2. The predicted molar refractivity (Wildman–Crippen MR) is 76.5 cm³/mol. The molecule has 5 heteroatoms. The molecular formula is C15H20N4O. The topological polar surface area (TPSA) is 52.0 Å². The molecule has 0 radical (unpaired) electrons. The summed E-state index contributed by atoms with van der Waals surface area (Å²) in [6, 6.07) is 6.84.